The second-order valence-corrected chi connectivity index (χ2v) is 11.9. The summed E-state index contributed by atoms with van der Waals surface area (Å²) < 4.78 is 50.3. The molecule has 1 aromatic rings. The molecule has 0 radical (unpaired) electrons. The van der Waals surface area contributed by atoms with E-state index in [1.807, 2.05) is 0 Å². The maximum Gasteiger partial charge on any atom is 0.340 e. The summed E-state index contributed by atoms with van der Waals surface area (Å²) in [6, 6.07) is 5.26. The van der Waals surface area contributed by atoms with Crippen LogP contribution in [0.1, 0.15) is 66.7 Å². The predicted octanol–water partition coefficient (Wildman–Crippen LogP) is 6.21. The van der Waals surface area contributed by atoms with Crippen LogP contribution in [0.25, 0.3) is 0 Å². The van der Waals surface area contributed by atoms with Crippen molar-refractivity contribution in [1.82, 2.24) is 4.98 Å². The Bertz CT molecular complexity index is 650. The third kappa shape index (κ3) is 8.44. The molecule has 0 saturated carbocycles. The number of hydrogen-bond acceptors (Lipinski definition) is 7. The van der Waals surface area contributed by atoms with Crippen LogP contribution in [0.5, 0.6) is 0 Å². The lowest BCUT2D eigenvalue weighted by Crippen LogP contribution is -2.20. The van der Waals surface area contributed by atoms with Crippen LogP contribution in [0.2, 0.25) is 0 Å². The van der Waals surface area contributed by atoms with Gasteiger partial charge in [-0.25, -0.2) is 0 Å². The van der Waals surface area contributed by atoms with Gasteiger partial charge in [0.1, 0.15) is 5.66 Å². The van der Waals surface area contributed by atoms with Crippen LogP contribution in [0.15, 0.2) is 24.4 Å². The highest BCUT2D eigenvalue weighted by molar-refractivity contribution is 7.58. The number of hydrogen-bond donors (Lipinski definition) is 0. The Morgan fingerprint density at radius 2 is 1.25 bits per heavy atom. The molecule has 0 spiro atoms. The van der Waals surface area contributed by atoms with Gasteiger partial charge in [0, 0.05) is 6.20 Å². The lowest BCUT2D eigenvalue weighted by Gasteiger charge is -2.32. The maximum absolute atomic E-state index is 13.9. The average molecular weight is 435 g/mol. The van der Waals surface area contributed by atoms with Crippen molar-refractivity contribution in [3.8, 4) is 0 Å². The second-order valence-electron chi connectivity index (χ2n) is 7.72. The van der Waals surface area contributed by atoms with Crippen LogP contribution in [0.3, 0.4) is 0 Å². The highest BCUT2D eigenvalue weighted by Gasteiger charge is 2.46. The van der Waals surface area contributed by atoms with Gasteiger partial charge in [-0.2, -0.15) is 0 Å². The largest absolute Gasteiger partial charge is 0.340 e. The Balaban J connectivity index is 3.45. The Kier molecular flexibility index (Phi) is 10.0. The standard InChI is InChI=1S/C19H35NO6P2/c1-14(2)23-27(21,24-15(3)4)13-19(18-11-9-10-12-20-18)28(22,25-16(5)6)26-17(7)8/h9-12,14-17,19H,13H2,1-8H3. The molecule has 0 aliphatic heterocycles. The normalized spacial score (nSPS) is 14.4. The molecule has 0 aliphatic rings. The van der Waals surface area contributed by atoms with E-state index in [1.165, 1.54) is 0 Å². The van der Waals surface area contributed by atoms with Crippen molar-refractivity contribution >= 4 is 15.2 Å². The molecule has 0 aromatic carbocycles. The number of rotatable bonds is 12. The fourth-order valence-corrected chi connectivity index (χ4v) is 8.17. The summed E-state index contributed by atoms with van der Waals surface area (Å²) >= 11 is 0. The van der Waals surface area contributed by atoms with Crippen LogP contribution in [-0.2, 0) is 27.2 Å². The van der Waals surface area contributed by atoms with E-state index in [2.05, 4.69) is 4.98 Å². The van der Waals surface area contributed by atoms with Gasteiger partial charge in [0.15, 0.2) is 0 Å². The molecule has 0 saturated heterocycles. The van der Waals surface area contributed by atoms with Crippen LogP contribution >= 0.6 is 15.2 Å². The van der Waals surface area contributed by atoms with Gasteiger partial charge in [-0.15, -0.1) is 0 Å². The quantitative estimate of drug-likeness (QED) is 0.361. The Labute approximate surface area is 169 Å². The Hall–Kier alpha value is -0.550. The van der Waals surface area contributed by atoms with E-state index < -0.39 is 20.9 Å². The van der Waals surface area contributed by atoms with Gasteiger partial charge in [0.25, 0.3) is 0 Å². The third-order valence-electron chi connectivity index (χ3n) is 3.27. The fraction of sp³-hybridized carbons (Fsp3) is 0.737. The molecular weight excluding hydrogens is 400 g/mol. The van der Waals surface area contributed by atoms with Gasteiger partial charge < -0.3 is 18.1 Å². The maximum atomic E-state index is 13.9. The van der Waals surface area contributed by atoms with Crippen molar-refractivity contribution < 1.29 is 27.2 Å². The summed E-state index contributed by atoms with van der Waals surface area (Å²) in [7, 11) is -7.35. The molecule has 1 rings (SSSR count). The molecule has 28 heavy (non-hydrogen) atoms. The molecular formula is C19H35NO6P2. The molecule has 7 nitrogen and oxygen atoms in total. The molecule has 1 unspecified atom stereocenters. The predicted molar refractivity (Wildman–Crippen MR) is 112 cm³/mol. The van der Waals surface area contributed by atoms with E-state index in [-0.39, 0.29) is 30.6 Å². The molecule has 0 N–H and O–H groups in total. The van der Waals surface area contributed by atoms with Crippen LogP contribution in [0, 0.1) is 0 Å². The summed E-state index contributed by atoms with van der Waals surface area (Å²) in [4.78, 5) is 4.34. The van der Waals surface area contributed by atoms with Crippen molar-refractivity contribution in [2.45, 2.75) is 85.5 Å². The first-order valence-corrected chi connectivity index (χ1v) is 13.0. The molecule has 0 amide bonds. The van der Waals surface area contributed by atoms with E-state index in [0.29, 0.717) is 5.69 Å². The number of nitrogens with zero attached hydrogens (tertiary/aromatic N) is 1. The van der Waals surface area contributed by atoms with E-state index in [9.17, 15) is 9.13 Å². The second kappa shape index (κ2) is 11.0. The molecule has 162 valence electrons. The van der Waals surface area contributed by atoms with Gasteiger partial charge >= 0.3 is 15.2 Å². The smallest absolute Gasteiger partial charge is 0.306 e. The van der Waals surface area contributed by atoms with Crippen LogP contribution in [-0.4, -0.2) is 35.6 Å². The van der Waals surface area contributed by atoms with Gasteiger partial charge in [0.05, 0.1) is 36.3 Å². The van der Waals surface area contributed by atoms with Crippen LogP contribution in [0.4, 0.5) is 0 Å². The van der Waals surface area contributed by atoms with Crippen molar-refractivity contribution in [3.05, 3.63) is 30.1 Å². The van der Waals surface area contributed by atoms with Crippen molar-refractivity contribution in [2.75, 3.05) is 6.16 Å². The fourth-order valence-electron chi connectivity index (χ4n) is 2.65. The number of aromatic nitrogens is 1. The molecule has 1 heterocycles. The first-order valence-electron chi connectivity index (χ1n) is 9.70. The lowest BCUT2D eigenvalue weighted by atomic mass is 10.3. The molecule has 1 aromatic heterocycles. The van der Waals surface area contributed by atoms with Crippen molar-refractivity contribution in [3.63, 3.8) is 0 Å². The van der Waals surface area contributed by atoms with Gasteiger partial charge in [-0.05, 0) is 67.5 Å². The topological polar surface area (TPSA) is 84.0 Å². The van der Waals surface area contributed by atoms with Gasteiger partial charge in [-0.1, -0.05) is 6.07 Å². The first kappa shape index (κ1) is 25.5. The molecule has 1 atom stereocenters. The highest BCUT2D eigenvalue weighted by Crippen LogP contribution is 2.67. The monoisotopic (exact) mass is 435 g/mol. The minimum absolute atomic E-state index is 0.156. The zero-order chi connectivity index (χ0) is 21.5. The van der Waals surface area contributed by atoms with E-state index >= 15 is 0 Å². The van der Waals surface area contributed by atoms with Crippen LogP contribution < -0.4 is 0 Å². The SMILES string of the molecule is CC(C)OP(=O)(CC(c1ccccn1)P(=O)(OC(C)C)OC(C)C)OC(C)C. The first-order chi connectivity index (χ1) is 12.9. The van der Waals surface area contributed by atoms with Crippen molar-refractivity contribution in [1.29, 1.82) is 0 Å². The molecule has 0 aliphatic carbocycles. The van der Waals surface area contributed by atoms with Gasteiger partial charge in [-0.3, -0.25) is 14.1 Å². The number of pyridine rings is 1. The zero-order valence-corrected chi connectivity index (χ0v) is 20.0. The minimum Gasteiger partial charge on any atom is -0.306 e. The summed E-state index contributed by atoms with van der Waals surface area (Å²) in [5.74, 6) is 0. The van der Waals surface area contributed by atoms with Crippen molar-refractivity contribution in [2.24, 2.45) is 0 Å². The summed E-state index contributed by atoms with van der Waals surface area (Å²) in [5.41, 5.74) is -0.422. The summed E-state index contributed by atoms with van der Waals surface area (Å²) in [5, 5.41) is 0. The molecule has 0 fully saturated rings. The Morgan fingerprint density at radius 1 is 0.786 bits per heavy atom. The molecule has 0 bridgehead atoms. The lowest BCUT2D eigenvalue weighted by molar-refractivity contribution is 0.129. The third-order valence-corrected chi connectivity index (χ3v) is 8.49. The average Bonchev–Trinajstić information content (AvgIpc) is 2.50. The molecule has 9 heteroatoms. The zero-order valence-electron chi connectivity index (χ0n) is 18.2. The summed E-state index contributed by atoms with van der Waals surface area (Å²) in [6.07, 6.45) is 0.0710. The minimum atomic E-state index is -3.74. The van der Waals surface area contributed by atoms with E-state index in [0.717, 1.165) is 0 Å². The summed E-state index contributed by atoms with van der Waals surface area (Å²) in [6.45, 7) is 14.2. The van der Waals surface area contributed by atoms with E-state index in [4.69, 9.17) is 18.1 Å². The highest BCUT2D eigenvalue weighted by atomic mass is 31.2. The van der Waals surface area contributed by atoms with Gasteiger partial charge in [0.2, 0.25) is 0 Å². The van der Waals surface area contributed by atoms with E-state index in [1.54, 1.807) is 79.8 Å². The Morgan fingerprint density at radius 3 is 1.61 bits per heavy atom.